The van der Waals surface area contributed by atoms with Crippen LogP contribution in [0.15, 0.2) is 82.8 Å². The lowest BCUT2D eigenvalue weighted by Gasteiger charge is -2.23. The van der Waals surface area contributed by atoms with E-state index >= 15 is 0 Å². The van der Waals surface area contributed by atoms with Crippen LogP contribution in [0.1, 0.15) is 29.2 Å². The van der Waals surface area contributed by atoms with Crippen LogP contribution in [0.4, 0.5) is 10.1 Å². The number of hydrogen-bond acceptors (Lipinski definition) is 5. The zero-order valence-electron chi connectivity index (χ0n) is 17.9. The Morgan fingerprint density at radius 1 is 0.970 bits per heavy atom. The van der Waals surface area contributed by atoms with Gasteiger partial charge in [-0.15, -0.1) is 0 Å². The smallest absolute Gasteiger partial charge is 0.279 e. The fourth-order valence-electron chi connectivity index (χ4n) is 3.63. The van der Waals surface area contributed by atoms with E-state index in [1.54, 1.807) is 24.3 Å². The van der Waals surface area contributed by atoms with Gasteiger partial charge in [0.15, 0.2) is 0 Å². The number of hydrogen-bond donors (Lipinski definition) is 1. The Kier molecular flexibility index (Phi) is 5.98. The molecule has 0 spiro atoms. The Labute approximate surface area is 192 Å². The van der Waals surface area contributed by atoms with Gasteiger partial charge in [-0.3, -0.25) is 4.72 Å². The minimum absolute atomic E-state index is 0.197. The molecule has 0 bridgehead atoms. The summed E-state index contributed by atoms with van der Waals surface area (Å²) in [6, 6.07) is 18.2. The number of benzene rings is 3. The normalized spacial score (nSPS) is 16.5. The van der Waals surface area contributed by atoms with Gasteiger partial charge in [0.2, 0.25) is 10.0 Å². The molecular weight excluding hydrogens is 465 g/mol. The van der Waals surface area contributed by atoms with Gasteiger partial charge in [-0.25, -0.2) is 12.8 Å². The number of anilines is 1. The largest absolute Gasteiger partial charge is 0.284 e. The zero-order valence-corrected chi connectivity index (χ0v) is 19.6. The first-order valence-corrected chi connectivity index (χ1v) is 13.4. The Balaban J connectivity index is 1.79. The van der Waals surface area contributed by atoms with Crippen molar-refractivity contribution in [3.05, 3.63) is 95.3 Å². The summed E-state index contributed by atoms with van der Waals surface area (Å²) in [5, 5.41) is 4.42. The second-order valence-electron chi connectivity index (χ2n) is 7.87. The highest BCUT2D eigenvalue weighted by atomic mass is 32.2. The van der Waals surface area contributed by atoms with Crippen LogP contribution in [0.25, 0.3) is 0 Å². The molecule has 1 atom stereocenters. The second-order valence-corrected chi connectivity index (χ2v) is 11.4. The van der Waals surface area contributed by atoms with Gasteiger partial charge in [-0.2, -0.15) is 17.9 Å². The number of aryl methyl sites for hydroxylation is 1. The van der Waals surface area contributed by atoms with Crippen molar-refractivity contribution in [1.82, 2.24) is 4.41 Å². The third-order valence-electron chi connectivity index (χ3n) is 5.17. The quantitative estimate of drug-likeness (QED) is 0.568. The molecule has 1 heterocycles. The number of rotatable bonds is 6. The van der Waals surface area contributed by atoms with E-state index in [0.29, 0.717) is 17.0 Å². The zero-order chi connectivity index (χ0) is 23.8. The van der Waals surface area contributed by atoms with Crippen molar-refractivity contribution in [2.75, 3.05) is 11.0 Å². The van der Waals surface area contributed by atoms with Crippen molar-refractivity contribution < 1.29 is 21.2 Å². The minimum atomic E-state index is -4.15. The maximum absolute atomic E-state index is 13.8. The number of halogens is 1. The molecule has 0 radical (unpaired) electrons. The van der Waals surface area contributed by atoms with Gasteiger partial charge >= 0.3 is 0 Å². The van der Waals surface area contributed by atoms with Crippen LogP contribution in [0, 0.1) is 12.7 Å². The molecule has 0 aromatic heterocycles. The SMILES string of the molecule is Cc1ccc(C2CC(c3cccc(NS(C)(=O)=O)c3)=NN2S(=O)(=O)c2cccc(F)c2)cc1. The summed E-state index contributed by atoms with van der Waals surface area (Å²) in [6.07, 6.45) is 1.31. The molecular formula is C23H22FN3O4S2. The van der Waals surface area contributed by atoms with Crippen LogP contribution in [0.5, 0.6) is 0 Å². The van der Waals surface area contributed by atoms with Crippen molar-refractivity contribution >= 4 is 31.4 Å². The number of hydrazone groups is 1. The van der Waals surface area contributed by atoms with Crippen LogP contribution in [-0.4, -0.2) is 33.2 Å². The summed E-state index contributed by atoms with van der Waals surface area (Å²) in [7, 11) is -7.64. The molecule has 0 amide bonds. The summed E-state index contributed by atoms with van der Waals surface area (Å²) in [5.41, 5.74) is 3.16. The highest BCUT2D eigenvalue weighted by Gasteiger charge is 2.38. The van der Waals surface area contributed by atoms with E-state index in [9.17, 15) is 21.2 Å². The van der Waals surface area contributed by atoms with Crippen LogP contribution in [-0.2, 0) is 20.0 Å². The standard InChI is InChI=1S/C23H22FN3O4S2/c1-16-9-11-17(12-10-16)23-15-22(18-5-3-7-20(13-18)26-32(2,28)29)25-27(23)33(30,31)21-8-4-6-19(24)14-21/h3-14,23,26H,15H2,1-2H3. The average molecular weight is 488 g/mol. The summed E-state index contributed by atoms with van der Waals surface area (Å²) >= 11 is 0. The maximum atomic E-state index is 13.8. The molecule has 1 N–H and O–H groups in total. The van der Waals surface area contributed by atoms with Gasteiger partial charge in [0, 0.05) is 12.1 Å². The van der Waals surface area contributed by atoms with Crippen LogP contribution < -0.4 is 4.72 Å². The summed E-state index contributed by atoms with van der Waals surface area (Å²) in [5.74, 6) is -0.661. The third kappa shape index (κ3) is 5.07. The lowest BCUT2D eigenvalue weighted by atomic mass is 9.98. The first-order chi connectivity index (χ1) is 15.5. The molecule has 7 nitrogen and oxygen atoms in total. The van der Waals surface area contributed by atoms with E-state index in [1.807, 2.05) is 31.2 Å². The van der Waals surface area contributed by atoms with Gasteiger partial charge in [-0.05, 0) is 48.4 Å². The topological polar surface area (TPSA) is 95.9 Å². The first-order valence-electron chi connectivity index (χ1n) is 10.1. The van der Waals surface area contributed by atoms with Crippen molar-refractivity contribution in [2.24, 2.45) is 5.10 Å². The fourth-order valence-corrected chi connectivity index (χ4v) is 5.65. The van der Waals surface area contributed by atoms with Gasteiger partial charge in [0.25, 0.3) is 10.0 Å². The molecule has 3 aromatic rings. The van der Waals surface area contributed by atoms with Crippen LogP contribution >= 0.6 is 0 Å². The Morgan fingerprint density at radius 3 is 2.33 bits per heavy atom. The highest BCUT2D eigenvalue weighted by molar-refractivity contribution is 7.92. The molecule has 0 saturated heterocycles. The molecule has 1 unspecified atom stereocenters. The molecule has 33 heavy (non-hydrogen) atoms. The minimum Gasteiger partial charge on any atom is -0.284 e. The van der Waals surface area contributed by atoms with Gasteiger partial charge in [0.1, 0.15) is 5.82 Å². The van der Waals surface area contributed by atoms with Gasteiger partial charge in [-0.1, -0.05) is 48.0 Å². The predicted molar refractivity (Wildman–Crippen MR) is 125 cm³/mol. The summed E-state index contributed by atoms with van der Waals surface area (Å²) in [4.78, 5) is -0.197. The lowest BCUT2D eigenvalue weighted by molar-refractivity contribution is 0.371. The predicted octanol–water partition coefficient (Wildman–Crippen LogP) is 4.05. The molecule has 1 aliphatic rings. The van der Waals surface area contributed by atoms with Gasteiger partial charge < -0.3 is 0 Å². The van der Waals surface area contributed by atoms with Crippen molar-refractivity contribution in [3.8, 4) is 0 Å². The van der Waals surface area contributed by atoms with Crippen LogP contribution in [0.2, 0.25) is 0 Å². The number of sulfonamides is 2. The van der Waals surface area contributed by atoms with Crippen molar-refractivity contribution in [2.45, 2.75) is 24.3 Å². The first kappa shape index (κ1) is 22.9. The summed E-state index contributed by atoms with van der Waals surface area (Å²) < 4.78 is 67.3. The van der Waals surface area contributed by atoms with E-state index in [2.05, 4.69) is 9.82 Å². The van der Waals surface area contributed by atoms with E-state index in [4.69, 9.17) is 0 Å². The molecule has 3 aromatic carbocycles. The van der Waals surface area contributed by atoms with Gasteiger partial charge in [0.05, 0.1) is 22.9 Å². The Bertz CT molecular complexity index is 1440. The molecule has 0 saturated carbocycles. The molecule has 4 rings (SSSR count). The Morgan fingerprint density at radius 2 is 1.67 bits per heavy atom. The van der Waals surface area contributed by atoms with Crippen molar-refractivity contribution in [1.29, 1.82) is 0 Å². The molecule has 10 heteroatoms. The van der Waals surface area contributed by atoms with E-state index in [-0.39, 0.29) is 11.3 Å². The molecule has 172 valence electrons. The van der Waals surface area contributed by atoms with E-state index < -0.39 is 31.9 Å². The summed E-state index contributed by atoms with van der Waals surface area (Å²) in [6.45, 7) is 1.93. The number of nitrogens with zero attached hydrogens (tertiary/aromatic N) is 2. The average Bonchev–Trinajstić information content (AvgIpc) is 3.20. The highest BCUT2D eigenvalue weighted by Crippen LogP contribution is 2.37. The van der Waals surface area contributed by atoms with E-state index in [1.165, 1.54) is 18.2 Å². The molecule has 0 aliphatic carbocycles. The van der Waals surface area contributed by atoms with Crippen LogP contribution in [0.3, 0.4) is 0 Å². The lowest BCUT2D eigenvalue weighted by Crippen LogP contribution is -2.27. The van der Waals surface area contributed by atoms with Crippen molar-refractivity contribution in [3.63, 3.8) is 0 Å². The maximum Gasteiger partial charge on any atom is 0.279 e. The van der Waals surface area contributed by atoms with E-state index in [0.717, 1.165) is 27.9 Å². The third-order valence-corrected chi connectivity index (χ3v) is 7.46. The number of nitrogens with one attached hydrogen (secondary N) is 1. The Hall–Kier alpha value is -3.24. The fraction of sp³-hybridized carbons (Fsp3) is 0.174. The molecule has 1 aliphatic heterocycles. The molecule has 0 fully saturated rings. The second kappa shape index (κ2) is 8.60. The monoisotopic (exact) mass is 487 g/mol.